The first-order chi connectivity index (χ1) is 9.88. The number of carbonyl (C=O) groups is 1. The summed E-state index contributed by atoms with van der Waals surface area (Å²) in [5, 5.41) is 10.6. The molecule has 114 valence electrons. The molecule has 0 unspecified atom stereocenters. The number of aromatic nitrogens is 4. The van der Waals surface area contributed by atoms with Crippen molar-refractivity contribution in [3.63, 3.8) is 0 Å². The van der Waals surface area contributed by atoms with Gasteiger partial charge in [-0.05, 0) is 0 Å². The number of nitrogens with one attached hydrogen (secondary N) is 1. The van der Waals surface area contributed by atoms with E-state index in [4.69, 9.17) is 10.2 Å². The number of carbonyl (C=O) groups excluding carboxylic acids is 1. The Kier molecular flexibility index (Phi) is 4.37. The van der Waals surface area contributed by atoms with E-state index >= 15 is 0 Å². The lowest BCUT2D eigenvalue weighted by atomic mass is 9.94. The van der Waals surface area contributed by atoms with Crippen LogP contribution in [0.5, 0.6) is 0 Å². The molecule has 0 radical (unpaired) electrons. The summed E-state index contributed by atoms with van der Waals surface area (Å²) >= 11 is 0. The van der Waals surface area contributed by atoms with Gasteiger partial charge in [0.25, 0.3) is 0 Å². The lowest BCUT2D eigenvalue weighted by molar-refractivity contribution is -0.119. The summed E-state index contributed by atoms with van der Waals surface area (Å²) in [6, 6.07) is 0. The molecule has 0 aliphatic carbocycles. The molecular weight excluding hydrogens is 272 g/mol. The minimum atomic E-state index is -0.230. The lowest BCUT2D eigenvalue weighted by Crippen LogP contribution is -2.29. The van der Waals surface area contributed by atoms with Crippen LogP contribution in [0.2, 0.25) is 0 Å². The molecule has 1 amide bonds. The SMILES string of the molecule is CC(C)(C)c1cnc(Cn2cc(CNC(=O)CN)nn2)o1. The van der Waals surface area contributed by atoms with Crippen molar-refractivity contribution in [2.24, 2.45) is 5.73 Å². The summed E-state index contributed by atoms with van der Waals surface area (Å²) in [6.45, 7) is 6.84. The van der Waals surface area contributed by atoms with Crippen LogP contribution < -0.4 is 11.1 Å². The van der Waals surface area contributed by atoms with Crippen molar-refractivity contribution in [3.05, 3.63) is 29.7 Å². The van der Waals surface area contributed by atoms with Crippen LogP contribution in [-0.2, 0) is 23.3 Å². The van der Waals surface area contributed by atoms with Gasteiger partial charge < -0.3 is 15.5 Å². The van der Waals surface area contributed by atoms with Crippen LogP contribution in [0.15, 0.2) is 16.8 Å². The van der Waals surface area contributed by atoms with Gasteiger partial charge in [-0.15, -0.1) is 5.10 Å². The number of oxazole rings is 1. The highest BCUT2D eigenvalue weighted by Gasteiger charge is 2.19. The normalized spacial score (nSPS) is 11.6. The molecule has 0 fully saturated rings. The fourth-order valence-electron chi connectivity index (χ4n) is 1.63. The van der Waals surface area contributed by atoms with Crippen LogP contribution in [0.3, 0.4) is 0 Å². The Hall–Kier alpha value is -2.22. The van der Waals surface area contributed by atoms with Gasteiger partial charge in [0.2, 0.25) is 11.8 Å². The first-order valence-corrected chi connectivity index (χ1v) is 6.69. The van der Waals surface area contributed by atoms with E-state index in [0.717, 1.165) is 5.76 Å². The first kappa shape index (κ1) is 15.2. The van der Waals surface area contributed by atoms with Gasteiger partial charge in [0.1, 0.15) is 18.0 Å². The van der Waals surface area contributed by atoms with E-state index in [-0.39, 0.29) is 17.9 Å². The molecule has 0 aliphatic heterocycles. The maximum absolute atomic E-state index is 11.1. The third-order valence-electron chi connectivity index (χ3n) is 2.83. The second-order valence-corrected chi connectivity index (χ2v) is 5.76. The second-order valence-electron chi connectivity index (χ2n) is 5.76. The van der Waals surface area contributed by atoms with E-state index in [9.17, 15) is 4.79 Å². The Bertz CT molecular complexity index is 610. The summed E-state index contributed by atoms with van der Waals surface area (Å²) in [7, 11) is 0. The largest absolute Gasteiger partial charge is 0.443 e. The van der Waals surface area contributed by atoms with Crippen molar-refractivity contribution < 1.29 is 9.21 Å². The average Bonchev–Trinajstić information content (AvgIpc) is 3.05. The summed E-state index contributed by atoms with van der Waals surface area (Å²) < 4.78 is 7.30. The van der Waals surface area contributed by atoms with E-state index in [2.05, 4.69) is 41.4 Å². The molecule has 2 rings (SSSR count). The maximum atomic E-state index is 11.1. The van der Waals surface area contributed by atoms with Crippen molar-refractivity contribution >= 4 is 5.91 Å². The van der Waals surface area contributed by atoms with E-state index < -0.39 is 0 Å². The highest BCUT2D eigenvalue weighted by Crippen LogP contribution is 2.22. The predicted molar refractivity (Wildman–Crippen MR) is 75.2 cm³/mol. The van der Waals surface area contributed by atoms with Gasteiger partial charge in [-0.2, -0.15) is 0 Å². The zero-order valence-electron chi connectivity index (χ0n) is 12.5. The van der Waals surface area contributed by atoms with Gasteiger partial charge >= 0.3 is 0 Å². The molecule has 2 aromatic rings. The number of nitrogens with two attached hydrogens (primary N) is 1. The van der Waals surface area contributed by atoms with Crippen molar-refractivity contribution in [3.8, 4) is 0 Å². The molecule has 0 bridgehead atoms. The molecule has 0 spiro atoms. The van der Waals surface area contributed by atoms with Gasteiger partial charge in [-0.1, -0.05) is 26.0 Å². The summed E-state index contributed by atoms with van der Waals surface area (Å²) in [5.74, 6) is 1.17. The van der Waals surface area contributed by atoms with Crippen LogP contribution in [-0.4, -0.2) is 32.4 Å². The van der Waals surface area contributed by atoms with Crippen molar-refractivity contribution in [1.82, 2.24) is 25.3 Å². The Labute approximate surface area is 122 Å². The van der Waals surface area contributed by atoms with Crippen LogP contribution in [0.25, 0.3) is 0 Å². The number of rotatable bonds is 5. The summed E-state index contributed by atoms with van der Waals surface area (Å²) in [5.41, 5.74) is 5.78. The number of nitrogens with zero attached hydrogens (tertiary/aromatic N) is 4. The molecule has 0 saturated carbocycles. The quantitative estimate of drug-likeness (QED) is 0.813. The monoisotopic (exact) mass is 292 g/mol. The van der Waals surface area contributed by atoms with Crippen LogP contribution in [0.4, 0.5) is 0 Å². The van der Waals surface area contributed by atoms with Gasteiger partial charge in [-0.25, -0.2) is 9.67 Å². The van der Waals surface area contributed by atoms with Crippen molar-refractivity contribution in [1.29, 1.82) is 0 Å². The zero-order valence-corrected chi connectivity index (χ0v) is 12.5. The van der Waals surface area contributed by atoms with E-state index in [1.165, 1.54) is 0 Å². The second kappa shape index (κ2) is 6.04. The van der Waals surface area contributed by atoms with E-state index in [1.807, 2.05) is 0 Å². The number of hydrogen-bond donors (Lipinski definition) is 2. The molecule has 2 heterocycles. The van der Waals surface area contributed by atoms with Crippen LogP contribution in [0, 0.1) is 0 Å². The first-order valence-electron chi connectivity index (χ1n) is 6.69. The van der Waals surface area contributed by atoms with E-state index in [1.54, 1.807) is 17.1 Å². The Morgan fingerprint density at radius 3 is 2.86 bits per heavy atom. The molecule has 0 saturated heterocycles. The minimum Gasteiger partial charge on any atom is -0.443 e. The maximum Gasteiger partial charge on any atom is 0.234 e. The van der Waals surface area contributed by atoms with Crippen LogP contribution in [0.1, 0.15) is 38.1 Å². The van der Waals surface area contributed by atoms with E-state index in [0.29, 0.717) is 24.7 Å². The van der Waals surface area contributed by atoms with Crippen molar-refractivity contribution in [2.45, 2.75) is 39.3 Å². The minimum absolute atomic E-state index is 0.0416. The Morgan fingerprint density at radius 2 is 2.24 bits per heavy atom. The molecular formula is C13H20N6O2. The van der Waals surface area contributed by atoms with Crippen LogP contribution >= 0.6 is 0 Å². The van der Waals surface area contributed by atoms with Gasteiger partial charge in [0.15, 0.2) is 0 Å². The highest BCUT2D eigenvalue weighted by atomic mass is 16.4. The Morgan fingerprint density at radius 1 is 1.48 bits per heavy atom. The van der Waals surface area contributed by atoms with Crippen molar-refractivity contribution in [2.75, 3.05) is 6.54 Å². The molecule has 2 aromatic heterocycles. The molecule has 0 aliphatic rings. The highest BCUT2D eigenvalue weighted by molar-refractivity contribution is 5.77. The molecule has 0 atom stereocenters. The molecule has 8 heteroatoms. The molecule has 21 heavy (non-hydrogen) atoms. The third kappa shape index (κ3) is 4.12. The van der Waals surface area contributed by atoms with Gasteiger partial charge in [-0.3, -0.25) is 4.79 Å². The molecule has 3 N–H and O–H groups in total. The standard InChI is InChI=1S/C13H20N6O2/c1-13(2,3)10-6-16-12(21-10)8-19-7-9(17-18-19)5-15-11(20)4-14/h6-7H,4-5,8,14H2,1-3H3,(H,15,20). The average molecular weight is 292 g/mol. The number of amides is 1. The summed E-state index contributed by atoms with van der Waals surface area (Å²) in [6.07, 6.45) is 3.46. The molecule has 0 aromatic carbocycles. The summed E-state index contributed by atoms with van der Waals surface area (Å²) in [4.78, 5) is 15.3. The Balaban J connectivity index is 1.96. The topological polar surface area (TPSA) is 112 Å². The lowest BCUT2D eigenvalue weighted by Gasteiger charge is -2.12. The zero-order chi connectivity index (χ0) is 15.5. The smallest absolute Gasteiger partial charge is 0.234 e. The molecule has 8 nitrogen and oxygen atoms in total. The third-order valence-corrected chi connectivity index (χ3v) is 2.83. The fourth-order valence-corrected chi connectivity index (χ4v) is 1.63. The number of hydrogen-bond acceptors (Lipinski definition) is 6. The predicted octanol–water partition coefficient (Wildman–Crippen LogP) is 0.187. The van der Waals surface area contributed by atoms with Gasteiger partial charge in [0, 0.05) is 5.41 Å². The fraction of sp³-hybridized carbons (Fsp3) is 0.538. The van der Waals surface area contributed by atoms with Gasteiger partial charge in [0.05, 0.1) is 25.5 Å².